The van der Waals surface area contributed by atoms with Crippen LogP contribution in [0.2, 0.25) is 0 Å². The SMILES string of the molecule is CCN(C(=O)c1ccc(CN)cn1)C(C)COC. The van der Waals surface area contributed by atoms with Crippen LogP contribution in [0.1, 0.15) is 29.9 Å². The van der Waals surface area contributed by atoms with Crippen LogP contribution in [0.4, 0.5) is 0 Å². The number of amides is 1. The molecule has 0 aliphatic rings. The van der Waals surface area contributed by atoms with Crippen molar-refractivity contribution >= 4 is 5.91 Å². The average Bonchev–Trinajstić information content (AvgIpc) is 2.40. The van der Waals surface area contributed by atoms with Gasteiger partial charge in [0, 0.05) is 26.4 Å². The first-order chi connectivity index (χ1) is 8.63. The molecule has 0 aliphatic heterocycles. The monoisotopic (exact) mass is 251 g/mol. The number of rotatable bonds is 6. The van der Waals surface area contributed by atoms with E-state index in [1.807, 2.05) is 19.9 Å². The first kappa shape index (κ1) is 14.6. The third kappa shape index (κ3) is 3.51. The summed E-state index contributed by atoms with van der Waals surface area (Å²) in [6.07, 6.45) is 1.64. The molecule has 100 valence electrons. The van der Waals surface area contributed by atoms with Crippen molar-refractivity contribution in [1.82, 2.24) is 9.88 Å². The number of ether oxygens (including phenoxy) is 1. The second kappa shape index (κ2) is 7.08. The molecule has 1 aromatic heterocycles. The Hall–Kier alpha value is -1.46. The van der Waals surface area contributed by atoms with Crippen LogP contribution in [-0.4, -0.2) is 42.1 Å². The highest BCUT2D eigenvalue weighted by Crippen LogP contribution is 2.08. The number of methoxy groups -OCH3 is 1. The van der Waals surface area contributed by atoms with E-state index in [4.69, 9.17) is 10.5 Å². The quantitative estimate of drug-likeness (QED) is 0.820. The highest BCUT2D eigenvalue weighted by Gasteiger charge is 2.20. The van der Waals surface area contributed by atoms with Crippen LogP contribution in [0.25, 0.3) is 0 Å². The van der Waals surface area contributed by atoms with Gasteiger partial charge in [0.05, 0.1) is 12.6 Å². The summed E-state index contributed by atoms with van der Waals surface area (Å²) in [5.41, 5.74) is 6.86. The van der Waals surface area contributed by atoms with Crippen molar-refractivity contribution in [1.29, 1.82) is 0 Å². The Bertz CT molecular complexity index is 378. The van der Waals surface area contributed by atoms with Gasteiger partial charge in [-0.3, -0.25) is 9.78 Å². The van der Waals surface area contributed by atoms with Crippen LogP contribution in [-0.2, 0) is 11.3 Å². The molecule has 0 saturated heterocycles. The van der Waals surface area contributed by atoms with Crippen molar-refractivity contribution in [2.24, 2.45) is 5.73 Å². The van der Waals surface area contributed by atoms with Crippen LogP contribution in [0, 0.1) is 0 Å². The normalized spacial score (nSPS) is 12.2. The van der Waals surface area contributed by atoms with E-state index < -0.39 is 0 Å². The highest BCUT2D eigenvalue weighted by molar-refractivity contribution is 5.92. The number of nitrogens with two attached hydrogens (primary N) is 1. The van der Waals surface area contributed by atoms with E-state index in [1.165, 1.54) is 0 Å². The van der Waals surface area contributed by atoms with E-state index in [0.717, 1.165) is 5.56 Å². The zero-order valence-corrected chi connectivity index (χ0v) is 11.2. The second-order valence-electron chi connectivity index (χ2n) is 4.15. The Morgan fingerprint density at radius 3 is 2.72 bits per heavy atom. The maximum atomic E-state index is 12.3. The van der Waals surface area contributed by atoms with Gasteiger partial charge in [-0.25, -0.2) is 0 Å². The van der Waals surface area contributed by atoms with E-state index in [0.29, 0.717) is 25.4 Å². The van der Waals surface area contributed by atoms with Crippen molar-refractivity contribution in [3.05, 3.63) is 29.6 Å². The van der Waals surface area contributed by atoms with Gasteiger partial charge in [0.15, 0.2) is 0 Å². The predicted molar refractivity (Wildman–Crippen MR) is 70.2 cm³/mol. The Labute approximate surface area is 108 Å². The van der Waals surface area contributed by atoms with Gasteiger partial charge >= 0.3 is 0 Å². The van der Waals surface area contributed by atoms with Crippen LogP contribution < -0.4 is 5.73 Å². The molecule has 1 heterocycles. The Kier molecular flexibility index (Phi) is 5.74. The van der Waals surface area contributed by atoms with Crippen molar-refractivity contribution in [3.63, 3.8) is 0 Å². The standard InChI is InChI=1S/C13H21N3O2/c1-4-16(10(2)9-18-3)13(17)12-6-5-11(7-14)8-15-12/h5-6,8,10H,4,7,9,14H2,1-3H3. The van der Waals surface area contributed by atoms with Crippen LogP contribution in [0.3, 0.4) is 0 Å². The van der Waals surface area contributed by atoms with Gasteiger partial charge in [-0.1, -0.05) is 6.07 Å². The molecule has 0 saturated carbocycles. The number of likely N-dealkylation sites (N-methyl/N-ethyl adjacent to an activating group) is 1. The van der Waals surface area contributed by atoms with Crippen LogP contribution >= 0.6 is 0 Å². The Balaban J connectivity index is 2.82. The third-order valence-electron chi connectivity index (χ3n) is 2.82. The molecule has 5 heteroatoms. The summed E-state index contributed by atoms with van der Waals surface area (Å²) in [5, 5.41) is 0. The molecule has 0 fully saturated rings. The lowest BCUT2D eigenvalue weighted by Crippen LogP contribution is -2.41. The lowest BCUT2D eigenvalue weighted by molar-refractivity contribution is 0.0573. The van der Waals surface area contributed by atoms with E-state index in [9.17, 15) is 4.79 Å². The summed E-state index contributed by atoms with van der Waals surface area (Å²) in [6.45, 7) is 5.47. The molecule has 2 N–H and O–H groups in total. The Morgan fingerprint density at radius 2 is 2.28 bits per heavy atom. The fourth-order valence-electron chi connectivity index (χ4n) is 1.81. The van der Waals surface area contributed by atoms with E-state index in [1.54, 1.807) is 24.3 Å². The summed E-state index contributed by atoms with van der Waals surface area (Å²) < 4.78 is 5.08. The van der Waals surface area contributed by atoms with Gasteiger partial charge < -0.3 is 15.4 Å². The zero-order valence-electron chi connectivity index (χ0n) is 11.2. The van der Waals surface area contributed by atoms with Crippen LogP contribution in [0.15, 0.2) is 18.3 Å². The molecule has 0 aromatic carbocycles. The molecule has 0 aliphatic carbocycles. The zero-order chi connectivity index (χ0) is 13.5. The Morgan fingerprint density at radius 1 is 1.56 bits per heavy atom. The summed E-state index contributed by atoms with van der Waals surface area (Å²) in [7, 11) is 1.63. The van der Waals surface area contributed by atoms with Gasteiger partial charge in [0.25, 0.3) is 5.91 Å². The summed E-state index contributed by atoms with van der Waals surface area (Å²) >= 11 is 0. The lowest BCUT2D eigenvalue weighted by atomic mass is 10.2. The maximum Gasteiger partial charge on any atom is 0.272 e. The fraction of sp³-hybridized carbons (Fsp3) is 0.538. The number of hydrogen-bond donors (Lipinski definition) is 1. The molecule has 1 aromatic rings. The van der Waals surface area contributed by atoms with Gasteiger partial charge in [0.1, 0.15) is 5.69 Å². The molecule has 0 radical (unpaired) electrons. The topological polar surface area (TPSA) is 68.5 Å². The summed E-state index contributed by atoms with van der Waals surface area (Å²) in [5.74, 6) is -0.0781. The minimum Gasteiger partial charge on any atom is -0.383 e. The van der Waals surface area contributed by atoms with Crippen molar-refractivity contribution < 1.29 is 9.53 Å². The largest absolute Gasteiger partial charge is 0.383 e. The van der Waals surface area contributed by atoms with Gasteiger partial charge in [0.2, 0.25) is 0 Å². The molecule has 0 spiro atoms. The maximum absolute atomic E-state index is 12.3. The molecule has 18 heavy (non-hydrogen) atoms. The summed E-state index contributed by atoms with van der Waals surface area (Å²) in [4.78, 5) is 18.2. The predicted octanol–water partition coefficient (Wildman–Crippen LogP) is 1.04. The second-order valence-corrected chi connectivity index (χ2v) is 4.15. The molecular weight excluding hydrogens is 230 g/mol. The van der Waals surface area contributed by atoms with Crippen molar-refractivity contribution in [3.8, 4) is 0 Å². The molecule has 1 rings (SSSR count). The molecule has 5 nitrogen and oxygen atoms in total. The summed E-state index contributed by atoms with van der Waals surface area (Å²) in [6, 6.07) is 3.57. The van der Waals surface area contributed by atoms with Gasteiger partial charge in [-0.15, -0.1) is 0 Å². The first-order valence-electron chi connectivity index (χ1n) is 6.08. The minimum atomic E-state index is -0.0781. The molecule has 0 bridgehead atoms. The number of pyridine rings is 1. The molecular formula is C13H21N3O2. The molecule has 1 atom stereocenters. The van der Waals surface area contributed by atoms with E-state index in [-0.39, 0.29) is 11.9 Å². The highest BCUT2D eigenvalue weighted by atomic mass is 16.5. The third-order valence-corrected chi connectivity index (χ3v) is 2.82. The smallest absolute Gasteiger partial charge is 0.272 e. The number of hydrogen-bond acceptors (Lipinski definition) is 4. The average molecular weight is 251 g/mol. The van der Waals surface area contributed by atoms with Gasteiger partial charge in [-0.05, 0) is 25.5 Å². The van der Waals surface area contributed by atoms with Crippen molar-refractivity contribution in [2.75, 3.05) is 20.3 Å². The van der Waals surface area contributed by atoms with E-state index >= 15 is 0 Å². The van der Waals surface area contributed by atoms with E-state index in [2.05, 4.69) is 4.98 Å². The molecule has 1 unspecified atom stereocenters. The minimum absolute atomic E-state index is 0.0310. The number of nitrogens with zero attached hydrogens (tertiary/aromatic N) is 2. The number of aromatic nitrogens is 1. The molecule has 1 amide bonds. The van der Waals surface area contributed by atoms with Crippen molar-refractivity contribution in [2.45, 2.75) is 26.4 Å². The number of carbonyl (C=O) groups is 1. The lowest BCUT2D eigenvalue weighted by Gasteiger charge is -2.27. The van der Waals surface area contributed by atoms with Crippen LogP contribution in [0.5, 0.6) is 0 Å². The first-order valence-corrected chi connectivity index (χ1v) is 6.08. The fourth-order valence-corrected chi connectivity index (χ4v) is 1.81. The van der Waals surface area contributed by atoms with Gasteiger partial charge in [-0.2, -0.15) is 0 Å². The number of carbonyl (C=O) groups excluding carboxylic acids is 1.